The molecule has 0 aliphatic carbocycles. The van der Waals surface area contributed by atoms with Crippen molar-refractivity contribution in [2.75, 3.05) is 0 Å². The smallest absolute Gasteiger partial charge is 1.00 e. The van der Waals surface area contributed by atoms with Gasteiger partial charge in [-0.15, -0.1) is 0 Å². The van der Waals surface area contributed by atoms with Crippen molar-refractivity contribution in [3.8, 4) is 0 Å². The van der Waals surface area contributed by atoms with Crippen LogP contribution in [0.5, 0.6) is 0 Å². The summed E-state index contributed by atoms with van der Waals surface area (Å²) in [4.78, 5) is 0. The van der Waals surface area contributed by atoms with Crippen LogP contribution < -0.4 is 0 Å². The van der Waals surface area contributed by atoms with Crippen LogP contribution in [0, 0.1) is 0 Å². The Kier molecular flexibility index (Phi) is 124. The minimum absolute atomic E-state index is 0. The van der Waals surface area contributed by atoms with Crippen molar-refractivity contribution < 1.29 is 10.4 Å². The van der Waals surface area contributed by atoms with Gasteiger partial charge in [0.1, 0.15) is 0 Å². The quantitative estimate of drug-likeness (QED) is 0.412. The first kappa shape index (κ1) is 29.2. The molecule has 0 saturated heterocycles. The first-order valence-corrected chi connectivity index (χ1v) is 0. The van der Waals surface area contributed by atoms with E-state index in [4.69, 9.17) is 0 Å². The Bertz CT molecular complexity index is 14.0. The van der Waals surface area contributed by atoms with Crippen molar-refractivity contribution in [3.05, 3.63) is 0 Å². The molecule has 24 valence electrons. The topological polar surface area (TPSA) is 0 Å². The first-order chi connectivity index (χ1) is 0. The zero-order valence-electron chi connectivity index (χ0n) is 6.32. The SMILES string of the molecule is F.S.[Ca+2].[Ca+2].[H-].[H-].[H-].[H-]. The molecule has 0 unspecified atom stereocenters. The molecule has 0 heterocycles. The van der Waals surface area contributed by atoms with Gasteiger partial charge >= 0.3 is 75.5 Å². The second-order valence-corrected chi connectivity index (χ2v) is 0. The van der Waals surface area contributed by atoms with Crippen molar-refractivity contribution in [1.29, 1.82) is 0 Å². The van der Waals surface area contributed by atoms with Crippen LogP contribution in [0.25, 0.3) is 0 Å². The summed E-state index contributed by atoms with van der Waals surface area (Å²) in [7, 11) is 0. The Balaban J connectivity index is 0. The number of hydrogen-bond donors (Lipinski definition) is 0. The monoisotopic (exact) mass is 138 g/mol. The summed E-state index contributed by atoms with van der Waals surface area (Å²) in [5.41, 5.74) is 0. The van der Waals surface area contributed by atoms with Gasteiger partial charge in [-0.05, 0) is 0 Å². The molecule has 0 nitrogen and oxygen atoms in total. The third kappa shape index (κ3) is 8.84. The van der Waals surface area contributed by atoms with Crippen LogP contribution in [0.4, 0.5) is 4.70 Å². The van der Waals surface area contributed by atoms with Crippen molar-refractivity contribution >= 4 is 89.0 Å². The molecule has 0 aliphatic heterocycles. The molecule has 0 aliphatic rings. The molecule has 0 aromatic rings. The summed E-state index contributed by atoms with van der Waals surface area (Å²) in [5, 5.41) is 0. The van der Waals surface area contributed by atoms with Gasteiger partial charge in [0, 0.05) is 0 Å². The van der Waals surface area contributed by atoms with Crippen molar-refractivity contribution in [1.82, 2.24) is 0 Å². The number of hydrogen-bond acceptors (Lipinski definition) is 0. The second-order valence-electron chi connectivity index (χ2n) is 0. The third-order valence-electron chi connectivity index (χ3n) is 0. The molecule has 0 atom stereocenters. The van der Waals surface area contributed by atoms with E-state index in [1.807, 2.05) is 0 Å². The molecule has 0 rings (SSSR count). The second kappa shape index (κ2) is 17.0. The van der Waals surface area contributed by atoms with Crippen LogP contribution in [0.15, 0.2) is 0 Å². The fraction of sp³-hybridized carbons (Fsp3) is 0. The van der Waals surface area contributed by atoms with Gasteiger partial charge < -0.3 is 5.71 Å². The first-order valence-electron chi connectivity index (χ1n) is 0. The molecule has 0 aromatic carbocycles. The maximum Gasteiger partial charge on any atom is 2.00 e. The molecule has 0 bridgehead atoms. The number of halogens is 1. The fourth-order valence-corrected chi connectivity index (χ4v) is 0. The average molecular weight is 138 g/mol. The van der Waals surface area contributed by atoms with E-state index in [0.717, 1.165) is 0 Å². The Morgan fingerprint density at radius 1 is 1.00 bits per heavy atom. The minimum Gasteiger partial charge on any atom is -1.00 e. The van der Waals surface area contributed by atoms with E-state index in [1.54, 1.807) is 0 Å². The molecule has 0 saturated carbocycles. The van der Waals surface area contributed by atoms with E-state index in [1.165, 1.54) is 0 Å². The maximum atomic E-state index is 0. The predicted molar refractivity (Wildman–Crippen MR) is 28.8 cm³/mol. The van der Waals surface area contributed by atoms with Gasteiger partial charge in [0.2, 0.25) is 0 Å². The van der Waals surface area contributed by atoms with Crippen LogP contribution in [-0.2, 0) is 0 Å². The Labute approximate surface area is 97.5 Å². The molecule has 4 heavy (non-hydrogen) atoms. The molecular weight excluding hydrogens is 131 g/mol. The molecule has 0 radical (unpaired) electrons. The van der Waals surface area contributed by atoms with Crippen LogP contribution in [0.2, 0.25) is 0 Å². The molecular formula is H7Ca2FS. The Hall–Kier alpha value is 2.80. The zero-order chi connectivity index (χ0) is 0. The van der Waals surface area contributed by atoms with E-state index in [0.29, 0.717) is 0 Å². The van der Waals surface area contributed by atoms with Gasteiger partial charge in [-0.1, -0.05) is 0 Å². The van der Waals surface area contributed by atoms with Crippen LogP contribution >= 0.6 is 13.5 Å². The number of rotatable bonds is 0. The third-order valence-corrected chi connectivity index (χ3v) is 0. The van der Waals surface area contributed by atoms with Crippen LogP contribution in [0.3, 0.4) is 0 Å². The van der Waals surface area contributed by atoms with Gasteiger partial charge in [-0.25, -0.2) is 0 Å². The fourth-order valence-electron chi connectivity index (χ4n) is 0. The zero-order valence-corrected chi connectivity index (χ0v) is 7.74. The van der Waals surface area contributed by atoms with E-state index < -0.39 is 0 Å². The van der Waals surface area contributed by atoms with Gasteiger partial charge in [0.15, 0.2) is 0 Å². The molecule has 4 heteroatoms. The summed E-state index contributed by atoms with van der Waals surface area (Å²) in [6.07, 6.45) is 0. The Morgan fingerprint density at radius 3 is 1.00 bits per heavy atom. The normalized spacial score (nSPS) is 0. The van der Waals surface area contributed by atoms with Gasteiger partial charge in [-0.3, -0.25) is 4.70 Å². The van der Waals surface area contributed by atoms with E-state index in [2.05, 4.69) is 0 Å². The van der Waals surface area contributed by atoms with E-state index in [9.17, 15) is 0 Å². The summed E-state index contributed by atoms with van der Waals surface area (Å²) in [6, 6.07) is 0. The average Bonchev–Trinajstić information content (AvgIpc) is 0. The van der Waals surface area contributed by atoms with Gasteiger partial charge in [-0.2, -0.15) is 13.5 Å². The maximum absolute atomic E-state index is 0. The summed E-state index contributed by atoms with van der Waals surface area (Å²) in [6.45, 7) is 0. The van der Waals surface area contributed by atoms with Crippen molar-refractivity contribution in [2.24, 2.45) is 0 Å². The van der Waals surface area contributed by atoms with Crippen LogP contribution in [-0.4, -0.2) is 75.5 Å². The molecule has 0 amide bonds. The molecule has 0 spiro atoms. The summed E-state index contributed by atoms with van der Waals surface area (Å²) >= 11 is 0. The summed E-state index contributed by atoms with van der Waals surface area (Å²) in [5.74, 6) is 0. The van der Waals surface area contributed by atoms with E-state index in [-0.39, 0.29) is 99.4 Å². The predicted octanol–water partition coefficient (Wildman–Crippen LogP) is -0.0463. The van der Waals surface area contributed by atoms with Crippen LogP contribution in [0.1, 0.15) is 5.71 Å². The van der Waals surface area contributed by atoms with Crippen molar-refractivity contribution in [2.45, 2.75) is 0 Å². The van der Waals surface area contributed by atoms with E-state index >= 15 is 0 Å². The molecule has 0 fully saturated rings. The van der Waals surface area contributed by atoms with Crippen molar-refractivity contribution in [3.63, 3.8) is 0 Å². The standard InChI is InChI=1S/2Ca.FH.H2S.4H/h;;1H;1H2;;;;/q2*+2;;;4*-1. The Morgan fingerprint density at radius 2 is 1.00 bits per heavy atom. The summed E-state index contributed by atoms with van der Waals surface area (Å²) < 4.78 is 0. The minimum atomic E-state index is 0. The molecule has 0 aromatic heterocycles. The largest absolute Gasteiger partial charge is 2.00 e. The molecule has 0 N–H and O–H groups in total. The van der Waals surface area contributed by atoms with Gasteiger partial charge in [0.05, 0.1) is 0 Å². The van der Waals surface area contributed by atoms with Gasteiger partial charge in [0.25, 0.3) is 0 Å².